The van der Waals surface area contributed by atoms with E-state index in [9.17, 15) is 9.18 Å². The van der Waals surface area contributed by atoms with Gasteiger partial charge in [-0.05, 0) is 69.0 Å². The molecule has 3 aromatic rings. The van der Waals surface area contributed by atoms with E-state index in [4.69, 9.17) is 4.98 Å². The van der Waals surface area contributed by atoms with Crippen molar-refractivity contribution in [3.63, 3.8) is 0 Å². The van der Waals surface area contributed by atoms with Gasteiger partial charge in [-0.1, -0.05) is 30.7 Å². The molecule has 2 aliphatic heterocycles. The van der Waals surface area contributed by atoms with Gasteiger partial charge in [-0.15, -0.1) is 0 Å². The van der Waals surface area contributed by atoms with Gasteiger partial charge < -0.3 is 14.8 Å². The van der Waals surface area contributed by atoms with Gasteiger partial charge in [-0.2, -0.15) is 0 Å². The minimum absolute atomic E-state index is 0.0473. The van der Waals surface area contributed by atoms with Crippen LogP contribution in [0.4, 0.5) is 10.3 Å². The number of halogens is 1. The maximum Gasteiger partial charge on any atom is 0.223 e. The van der Waals surface area contributed by atoms with Crippen LogP contribution in [0.25, 0.3) is 11.0 Å². The largest absolute Gasteiger partial charge is 0.355 e. The summed E-state index contributed by atoms with van der Waals surface area (Å²) in [7, 11) is 0. The fourth-order valence-corrected chi connectivity index (χ4v) is 5.58. The van der Waals surface area contributed by atoms with Gasteiger partial charge in [-0.25, -0.2) is 9.37 Å². The lowest BCUT2D eigenvalue weighted by molar-refractivity contribution is -0.125. The van der Waals surface area contributed by atoms with Crippen LogP contribution in [0.2, 0.25) is 0 Å². The fraction of sp³-hybridized carbons (Fsp3) is 0.500. The summed E-state index contributed by atoms with van der Waals surface area (Å²) in [5, 5.41) is 3.19. The van der Waals surface area contributed by atoms with Crippen LogP contribution in [-0.4, -0.2) is 59.1 Å². The number of nitrogens with zero attached hydrogens (tertiary/aromatic N) is 4. The Labute approximate surface area is 207 Å². The lowest BCUT2D eigenvalue weighted by Gasteiger charge is -2.34. The number of hydrogen-bond acceptors (Lipinski definition) is 4. The van der Waals surface area contributed by atoms with Crippen molar-refractivity contribution in [3.05, 3.63) is 59.9 Å². The van der Waals surface area contributed by atoms with E-state index in [1.807, 2.05) is 24.3 Å². The van der Waals surface area contributed by atoms with Gasteiger partial charge in [0.25, 0.3) is 0 Å². The second-order valence-electron chi connectivity index (χ2n) is 10.0. The van der Waals surface area contributed by atoms with E-state index in [-0.39, 0.29) is 17.6 Å². The van der Waals surface area contributed by atoms with E-state index in [0.29, 0.717) is 12.6 Å². The van der Waals surface area contributed by atoms with Gasteiger partial charge >= 0.3 is 0 Å². The van der Waals surface area contributed by atoms with Crippen LogP contribution in [0.3, 0.4) is 0 Å². The average molecular weight is 478 g/mol. The predicted molar refractivity (Wildman–Crippen MR) is 138 cm³/mol. The van der Waals surface area contributed by atoms with E-state index >= 15 is 0 Å². The smallest absolute Gasteiger partial charge is 0.223 e. The van der Waals surface area contributed by atoms with Crippen molar-refractivity contribution in [1.29, 1.82) is 0 Å². The van der Waals surface area contributed by atoms with Crippen molar-refractivity contribution in [2.75, 3.05) is 37.6 Å². The molecule has 1 atom stereocenters. The molecule has 2 saturated heterocycles. The van der Waals surface area contributed by atoms with Gasteiger partial charge in [0, 0.05) is 38.1 Å². The molecule has 2 fully saturated rings. The molecule has 2 aromatic carbocycles. The Bertz CT molecular complexity index is 1150. The molecule has 5 rings (SSSR count). The van der Waals surface area contributed by atoms with E-state index < -0.39 is 0 Å². The number of fused-ring (bicyclic) bond motifs is 1. The van der Waals surface area contributed by atoms with Crippen LogP contribution >= 0.6 is 0 Å². The molecular formula is C28H36FN5O. The number of likely N-dealkylation sites (tertiary alicyclic amines) is 1. The van der Waals surface area contributed by atoms with Gasteiger partial charge in [0.05, 0.1) is 17.6 Å². The molecule has 186 valence electrons. The maximum absolute atomic E-state index is 13.8. The van der Waals surface area contributed by atoms with Crippen LogP contribution in [0.1, 0.15) is 44.6 Å². The van der Waals surface area contributed by atoms with Gasteiger partial charge in [0.2, 0.25) is 11.9 Å². The molecular weight excluding hydrogens is 441 g/mol. The molecule has 1 amide bonds. The minimum Gasteiger partial charge on any atom is -0.355 e. The predicted octanol–water partition coefficient (Wildman–Crippen LogP) is 4.43. The third kappa shape index (κ3) is 5.50. The monoisotopic (exact) mass is 477 g/mol. The molecule has 2 aliphatic rings. The Morgan fingerprint density at radius 3 is 2.69 bits per heavy atom. The number of rotatable bonds is 7. The van der Waals surface area contributed by atoms with Crippen molar-refractivity contribution in [3.8, 4) is 0 Å². The van der Waals surface area contributed by atoms with Crippen molar-refractivity contribution in [2.45, 2.75) is 51.6 Å². The number of imidazole rings is 1. The summed E-state index contributed by atoms with van der Waals surface area (Å²) >= 11 is 0. The first-order valence-corrected chi connectivity index (χ1v) is 13.0. The number of anilines is 1. The molecule has 35 heavy (non-hydrogen) atoms. The van der Waals surface area contributed by atoms with Crippen molar-refractivity contribution in [2.24, 2.45) is 5.92 Å². The lowest BCUT2D eigenvalue weighted by atomic mass is 9.96. The summed E-state index contributed by atoms with van der Waals surface area (Å²) in [5.74, 6) is 0.900. The summed E-state index contributed by atoms with van der Waals surface area (Å²) in [5.41, 5.74) is 2.89. The highest BCUT2D eigenvalue weighted by Gasteiger charge is 2.28. The van der Waals surface area contributed by atoms with Crippen molar-refractivity contribution in [1.82, 2.24) is 19.8 Å². The highest BCUT2D eigenvalue weighted by Crippen LogP contribution is 2.28. The Balaban J connectivity index is 1.21. The van der Waals surface area contributed by atoms with Crippen LogP contribution in [0.5, 0.6) is 0 Å². The van der Waals surface area contributed by atoms with Gasteiger partial charge in [-0.3, -0.25) is 9.69 Å². The number of piperidine rings is 2. The Morgan fingerprint density at radius 2 is 1.89 bits per heavy atom. The molecule has 3 heterocycles. The van der Waals surface area contributed by atoms with Gasteiger partial charge in [0.15, 0.2) is 0 Å². The minimum atomic E-state index is -0.227. The molecule has 6 nitrogen and oxygen atoms in total. The molecule has 7 heteroatoms. The zero-order valence-corrected chi connectivity index (χ0v) is 20.6. The molecule has 1 N–H and O–H groups in total. The molecule has 0 spiro atoms. The molecule has 1 aromatic heterocycles. The number of carbonyl (C=O) groups is 1. The number of carbonyl (C=O) groups excluding carboxylic acids is 1. The SMILES string of the molecule is CC1CCCCN1CCNC(=O)C1CCN(c2nc3ccccc3n2Cc2cccc(F)c2)CC1. The number of benzene rings is 2. The van der Waals surface area contributed by atoms with E-state index in [2.05, 4.69) is 32.7 Å². The van der Waals surface area contributed by atoms with Gasteiger partial charge in [0.1, 0.15) is 5.82 Å². The highest BCUT2D eigenvalue weighted by atomic mass is 19.1. The van der Waals surface area contributed by atoms with E-state index in [0.717, 1.165) is 68.1 Å². The Hall–Kier alpha value is -2.93. The van der Waals surface area contributed by atoms with Crippen LogP contribution in [0.15, 0.2) is 48.5 Å². The zero-order valence-electron chi connectivity index (χ0n) is 20.6. The fourth-order valence-electron chi connectivity index (χ4n) is 5.58. The quantitative estimate of drug-likeness (QED) is 0.547. The Morgan fingerprint density at radius 1 is 1.06 bits per heavy atom. The van der Waals surface area contributed by atoms with Crippen molar-refractivity contribution >= 4 is 22.9 Å². The molecule has 0 saturated carbocycles. The summed E-state index contributed by atoms with van der Waals surface area (Å²) in [6.07, 6.45) is 5.47. The molecule has 0 bridgehead atoms. The second kappa shape index (κ2) is 10.8. The van der Waals surface area contributed by atoms with E-state index in [1.54, 1.807) is 12.1 Å². The second-order valence-corrected chi connectivity index (χ2v) is 10.0. The Kier molecular flexibility index (Phi) is 7.32. The summed E-state index contributed by atoms with van der Waals surface area (Å²) in [6, 6.07) is 15.5. The van der Waals surface area contributed by atoms with Crippen LogP contribution in [-0.2, 0) is 11.3 Å². The molecule has 0 radical (unpaired) electrons. The van der Waals surface area contributed by atoms with Crippen molar-refractivity contribution < 1.29 is 9.18 Å². The topological polar surface area (TPSA) is 53.4 Å². The summed E-state index contributed by atoms with van der Waals surface area (Å²) in [6.45, 7) is 7.23. The lowest BCUT2D eigenvalue weighted by Crippen LogP contribution is -2.45. The van der Waals surface area contributed by atoms with Crippen LogP contribution in [0, 0.1) is 11.7 Å². The van der Waals surface area contributed by atoms with E-state index in [1.165, 1.54) is 25.3 Å². The summed E-state index contributed by atoms with van der Waals surface area (Å²) in [4.78, 5) is 22.5. The average Bonchev–Trinajstić information content (AvgIpc) is 3.23. The summed E-state index contributed by atoms with van der Waals surface area (Å²) < 4.78 is 16.0. The third-order valence-corrected chi connectivity index (χ3v) is 7.65. The maximum atomic E-state index is 13.8. The number of hydrogen-bond donors (Lipinski definition) is 1. The normalized spacial score (nSPS) is 19.8. The highest BCUT2D eigenvalue weighted by molar-refractivity contribution is 5.80. The number of aromatic nitrogens is 2. The number of nitrogens with one attached hydrogen (secondary N) is 1. The molecule has 0 aliphatic carbocycles. The van der Waals surface area contributed by atoms with Crippen LogP contribution < -0.4 is 10.2 Å². The number of para-hydroxylation sites is 2. The molecule has 1 unspecified atom stereocenters. The first kappa shape index (κ1) is 23.8. The number of amides is 1. The zero-order chi connectivity index (χ0) is 24.2. The first-order chi connectivity index (χ1) is 17.1. The third-order valence-electron chi connectivity index (χ3n) is 7.65. The first-order valence-electron chi connectivity index (χ1n) is 13.0. The standard InChI is InChI=1S/C28H36FN5O/c1-21-7-4-5-15-32(21)18-14-30-27(35)23-12-16-33(17-13-23)28-31-25-10-2-3-11-26(25)34(28)20-22-8-6-9-24(29)19-22/h2-3,6,8-11,19,21,23H,4-5,7,12-18,20H2,1H3,(H,30,35).